The van der Waals surface area contributed by atoms with Crippen molar-refractivity contribution in [1.29, 1.82) is 0 Å². The Morgan fingerprint density at radius 2 is 1.58 bits per heavy atom. The van der Waals surface area contributed by atoms with Crippen LogP contribution in [0.2, 0.25) is 0 Å². The van der Waals surface area contributed by atoms with Gasteiger partial charge in [-0.1, -0.05) is 12.1 Å². The molecule has 126 valence electrons. The zero-order valence-corrected chi connectivity index (χ0v) is 14.1. The first-order valence-electron chi connectivity index (χ1n) is 7.07. The zero-order valence-electron chi connectivity index (χ0n) is 13.3. The van der Waals surface area contributed by atoms with E-state index in [4.69, 9.17) is 4.74 Å². The summed E-state index contributed by atoms with van der Waals surface area (Å²) in [5.74, 6) is 0.449. The summed E-state index contributed by atoms with van der Waals surface area (Å²) >= 11 is 0. The number of methoxy groups -OCH3 is 1. The molecule has 0 aromatic heterocycles. The molecule has 0 bridgehead atoms. The molecule has 2 aromatic rings. The highest BCUT2D eigenvalue weighted by Gasteiger charge is 2.01. The van der Waals surface area contributed by atoms with Crippen LogP contribution >= 0.6 is 0 Å². The van der Waals surface area contributed by atoms with E-state index >= 15 is 0 Å². The molecule has 7 heteroatoms. The van der Waals surface area contributed by atoms with Crippen molar-refractivity contribution in [2.75, 3.05) is 23.4 Å². The van der Waals surface area contributed by atoms with Crippen LogP contribution in [-0.2, 0) is 14.8 Å². The Bertz CT molecular complexity index is 826. The molecule has 0 atom stereocenters. The summed E-state index contributed by atoms with van der Waals surface area (Å²) in [7, 11) is -1.72. The van der Waals surface area contributed by atoms with Crippen molar-refractivity contribution in [3.05, 3.63) is 60.2 Å². The summed E-state index contributed by atoms with van der Waals surface area (Å²) < 4.78 is 29.7. The minimum absolute atomic E-state index is 0.265. The molecular formula is C17H18N2O4S. The average molecular weight is 346 g/mol. The van der Waals surface area contributed by atoms with Crippen molar-refractivity contribution in [1.82, 2.24) is 0 Å². The second kappa shape index (κ2) is 7.65. The molecule has 0 aliphatic rings. The van der Waals surface area contributed by atoms with Gasteiger partial charge in [-0.2, -0.15) is 0 Å². The maximum Gasteiger partial charge on any atom is 0.248 e. The monoisotopic (exact) mass is 346 g/mol. The smallest absolute Gasteiger partial charge is 0.248 e. The van der Waals surface area contributed by atoms with Gasteiger partial charge in [0.2, 0.25) is 15.9 Å². The van der Waals surface area contributed by atoms with E-state index in [2.05, 4.69) is 10.0 Å². The number of hydrogen-bond donors (Lipinski definition) is 2. The summed E-state index contributed by atoms with van der Waals surface area (Å²) in [5.41, 5.74) is 1.91. The van der Waals surface area contributed by atoms with Crippen molar-refractivity contribution >= 4 is 33.4 Å². The van der Waals surface area contributed by atoms with Crippen LogP contribution in [0.1, 0.15) is 5.56 Å². The number of amides is 1. The summed E-state index contributed by atoms with van der Waals surface area (Å²) in [6, 6.07) is 13.7. The second-order valence-electron chi connectivity index (χ2n) is 5.05. The van der Waals surface area contributed by atoms with E-state index in [1.54, 1.807) is 61.7 Å². The summed E-state index contributed by atoms with van der Waals surface area (Å²) in [6.45, 7) is 0. The van der Waals surface area contributed by atoms with Gasteiger partial charge in [-0.05, 0) is 48.0 Å². The highest BCUT2D eigenvalue weighted by molar-refractivity contribution is 7.92. The van der Waals surface area contributed by atoms with Crippen LogP contribution in [0.15, 0.2) is 54.6 Å². The first kappa shape index (κ1) is 17.6. The van der Waals surface area contributed by atoms with Crippen LogP contribution in [0, 0.1) is 0 Å². The van der Waals surface area contributed by atoms with E-state index in [1.165, 1.54) is 6.08 Å². The van der Waals surface area contributed by atoms with Crippen LogP contribution in [0.5, 0.6) is 5.75 Å². The first-order chi connectivity index (χ1) is 11.4. The predicted molar refractivity (Wildman–Crippen MR) is 95.6 cm³/mol. The van der Waals surface area contributed by atoms with Gasteiger partial charge < -0.3 is 10.1 Å². The first-order valence-corrected chi connectivity index (χ1v) is 8.96. The third-order valence-electron chi connectivity index (χ3n) is 3.00. The van der Waals surface area contributed by atoms with Crippen LogP contribution in [0.25, 0.3) is 6.08 Å². The van der Waals surface area contributed by atoms with E-state index in [9.17, 15) is 13.2 Å². The Kier molecular flexibility index (Phi) is 5.59. The van der Waals surface area contributed by atoms with Gasteiger partial charge in [0.1, 0.15) is 5.75 Å². The Hall–Kier alpha value is -2.80. The molecule has 0 saturated carbocycles. The molecule has 2 N–H and O–H groups in total. The summed E-state index contributed by atoms with van der Waals surface area (Å²) in [6.07, 6.45) is 4.14. The fraction of sp³-hybridized carbons (Fsp3) is 0.118. The summed E-state index contributed by atoms with van der Waals surface area (Å²) in [4.78, 5) is 11.9. The summed E-state index contributed by atoms with van der Waals surface area (Å²) in [5, 5.41) is 2.73. The lowest BCUT2D eigenvalue weighted by Crippen LogP contribution is -2.09. The number of benzene rings is 2. The Balaban J connectivity index is 1.95. The minimum Gasteiger partial charge on any atom is -0.497 e. The highest BCUT2D eigenvalue weighted by Crippen LogP contribution is 2.15. The van der Waals surface area contributed by atoms with Gasteiger partial charge in [-0.3, -0.25) is 9.52 Å². The second-order valence-corrected chi connectivity index (χ2v) is 6.80. The molecule has 6 nitrogen and oxygen atoms in total. The van der Waals surface area contributed by atoms with Crippen molar-refractivity contribution in [2.45, 2.75) is 0 Å². The lowest BCUT2D eigenvalue weighted by atomic mass is 10.2. The number of carbonyl (C=O) groups is 1. The number of sulfonamides is 1. The Labute approximate surface area is 141 Å². The largest absolute Gasteiger partial charge is 0.497 e. The molecule has 24 heavy (non-hydrogen) atoms. The topological polar surface area (TPSA) is 84.5 Å². The van der Waals surface area contributed by atoms with Gasteiger partial charge >= 0.3 is 0 Å². The van der Waals surface area contributed by atoms with Gasteiger partial charge in [-0.15, -0.1) is 0 Å². The molecule has 1 amide bonds. The van der Waals surface area contributed by atoms with Crippen molar-refractivity contribution < 1.29 is 17.9 Å². The highest BCUT2D eigenvalue weighted by atomic mass is 32.2. The van der Waals surface area contributed by atoms with E-state index < -0.39 is 10.0 Å². The lowest BCUT2D eigenvalue weighted by molar-refractivity contribution is -0.111. The molecular weight excluding hydrogens is 328 g/mol. The van der Waals surface area contributed by atoms with E-state index in [0.717, 1.165) is 11.8 Å². The van der Waals surface area contributed by atoms with Gasteiger partial charge in [0, 0.05) is 17.5 Å². The van der Waals surface area contributed by atoms with Gasteiger partial charge in [-0.25, -0.2) is 8.42 Å². The zero-order chi connectivity index (χ0) is 17.6. The van der Waals surface area contributed by atoms with Crippen LogP contribution in [0.4, 0.5) is 11.4 Å². The Morgan fingerprint density at radius 3 is 2.12 bits per heavy atom. The van der Waals surface area contributed by atoms with Crippen molar-refractivity contribution in [3.63, 3.8) is 0 Å². The molecule has 0 spiro atoms. The average Bonchev–Trinajstić information content (AvgIpc) is 2.53. The quantitative estimate of drug-likeness (QED) is 0.788. The molecule has 2 aromatic carbocycles. The van der Waals surface area contributed by atoms with E-state index in [0.29, 0.717) is 17.1 Å². The molecule has 0 radical (unpaired) electrons. The third-order valence-corrected chi connectivity index (χ3v) is 3.61. The predicted octanol–water partition coefficient (Wildman–Crippen LogP) is 2.72. The molecule has 0 unspecified atom stereocenters. The maximum absolute atomic E-state index is 11.9. The van der Waals surface area contributed by atoms with Crippen LogP contribution in [0.3, 0.4) is 0 Å². The van der Waals surface area contributed by atoms with Crippen LogP contribution < -0.4 is 14.8 Å². The lowest BCUT2D eigenvalue weighted by Gasteiger charge is -2.04. The number of hydrogen-bond acceptors (Lipinski definition) is 4. The number of nitrogens with one attached hydrogen (secondary N) is 2. The van der Waals surface area contributed by atoms with Gasteiger partial charge in [0.25, 0.3) is 0 Å². The SMILES string of the molecule is COc1ccc(NC(=O)/C=C/c2ccc(NS(C)(=O)=O)cc2)cc1. The number of anilines is 2. The molecule has 0 aliphatic heterocycles. The van der Waals surface area contributed by atoms with Crippen molar-refractivity contribution in [3.8, 4) is 5.75 Å². The number of rotatable bonds is 6. The van der Waals surface area contributed by atoms with Crippen LogP contribution in [-0.4, -0.2) is 27.7 Å². The van der Waals surface area contributed by atoms with Gasteiger partial charge in [0.05, 0.1) is 13.4 Å². The minimum atomic E-state index is -3.30. The molecule has 0 fully saturated rings. The Morgan fingerprint density at radius 1 is 1.00 bits per heavy atom. The van der Waals surface area contributed by atoms with E-state index in [-0.39, 0.29) is 5.91 Å². The number of ether oxygens (including phenoxy) is 1. The van der Waals surface area contributed by atoms with Crippen molar-refractivity contribution in [2.24, 2.45) is 0 Å². The molecule has 0 heterocycles. The fourth-order valence-electron chi connectivity index (χ4n) is 1.91. The molecule has 2 rings (SSSR count). The maximum atomic E-state index is 11.9. The van der Waals surface area contributed by atoms with E-state index in [1.807, 2.05) is 0 Å². The van der Waals surface area contributed by atoms with Gasteiger partial charge in [0.15, 0.2) is 0 Å². The normalized spacial score (nSPS) is 11.2. The standard InChI is InChI=1S/C17H18N2O4S/c1-23-16-10-8-14(9-11-16)18-17(20)12-5-13-3-6-15(7-4-13)19-24(2,21)22/h3-12,19H,1-2H3,(H,18,20)/b12-5+. The fourth-order valence-corrected chi connectivity index (χ4v) is 2.47. The third kappa shape index (κ3) is 5.77. The molecule has 0 aliphatic carbocycles. The molecule has 0 saturated heterocycles. The number of carbonyl (C=O) groups excluding carboxylic acids is 1.